The summed E-state index contributed by atoms with van der Waals surface area (Å²) in [5.74, 6) is -1.10. The summed E-state index contributed by atoms with van der Waals surface area (Å²) in [5, 5.41) is 8.25. The number of sulfone groups is 1. The van der Waals surface area contributed by atoms with Gasteiger partial charge in [0.05, 0.1) is 19.3 Å². The van der Waals surface area contributed by atoms with E-state index in [9.17, 15) is 26.4 Å². The highest BCUT2D eigenvalue weighted by Crippen LogP contribution is 2.31. The molecule has 0 spiro atoms. The van der Waals surface area contributed by atoms with Crippen LogP contribution in [0.25, 0.3) is 10.8 Å². The highest BCUT2D eigenvalue weighted by atomic mass is 32.2. The average Bonchev–Trinajstić information content (AvgIpc) is 2.87. The van der Waals surface area contributed by atoms with Gasteiger partial charge in [0.1, 0.15) is 0 Å². The van der Waals surface area contributed by atoms with E-state index < -0.39 is 31.7 Å². The Morgan fingerprint density at radius 2 is 1.66 bits per heavy atom. The van der Waals surface area contributed by atoms with Gasteiger partial charge in [0, 0.05) is 43.4 Å². The van der Waals surface area contributed by atoms with Gasteiger partial charge in [-0.1, -0.05) is 48.5 Å². The van der Waals surface area contributed by atoms with Crippen molar-refractivity contribution in [1.29, 1.82) is 0 Å². The second-order valence-electron chi connectivity index (χ2n) is 9.60. The van der Waals surface area contributed by atoms with Crippen LogP contribution in [0.5, 0.6) is 0 Å². The van der Waals surface area contributed by atoms with Crippen LogP contribution in [0.4, 0.5) is 0 Å². The van der Waals surface area contributed by atoms with Crippen molar-refractivity contribution in [2.24, 2.45) is 0 Å². The molecule has 1 atom stereocenters. The topological polar surface area (TPSA) is 133 Å². The van der Waals surface area contributed by atoms with Crippen molar-refractivity contribution in [3.8, 4) is 0 Å². The Kier molecular flexibility index (Phi) is 10.0. The van der Waals surface area contributed by atoms with Crippen LogP contribution in [-0.4, -0.2) is 89.1 Å². The van der Waals surface area contributed by atoms with E-state index >= 15 is 0 Å². The third-order valence-corrected chi connectivity index (χ3v) is 8.63. The zero-order valence-electron chi connectivity index (χ0n) is 22.0. The minimum atomic E-state index is -3.66. The van der Waals surface area contributed by atoms with Gasteiger partial charge in [0.2, 0.25) is 21.8 Å². The number of hydrogen-bond donors (Lipinski definition) is 2. The molecule has 0 aliphatic carbocycles. The van der Waals surface area contributed by atoms with Gasteiger partial charge < -0.3 is 10.6 Å². The van der Waals surface area contributed by atoms with Gasteiger partial charge in [-0.2, -0.15) is 4.31 Å². The molecule has 10 nitrogen and oxygen atoms in total. The SMILES string of the molecule is C[C@H](c1cccc2ccccc12)N1CCC(N(CC(=O)NCC(=O)NC/C=C/S(C)(=O)=O)S(C)(=O)=O)CC1. The summed E-state index contributed by atoms with van der Waals surface area (Å²) in [6.45, 7) is 2.81. The highest BCUT2D eigenvalue weighted by Gasteiger charge is 2.33. The van der Waals surface area contributed by atoms with Gasteiger partial charge in [-0.3, -0.25) is 14.5 Å². The van der Waals surface area contributed by atoms with E-state index in [0.29, 0.717) is 25.9 Å². The molecule has 0 radical (unpaired) electrons. The molecular weight excluding hydrogens is 528 g/mol. The summed E-state index contributed by atoms with van der Waals surface area (Å²) in [5.41, 5.74) is 1.23. The number of carbonyl (C=O) groups is 2. The second kappa shape index (κ2) is 12.8. The first-order valence-corrected chi connectivity index (χ1v) is 16.2. The van der Waals surface area contributed by atoms with Crippen LogP contribution in [-0.2, 0) is 29.4 Å². The van der Waals surface area contributed by atoms with E-state index in [2.05, 4.69) is 52.8 Å². The molecule has 208 valence electrons. The molecule has 1 aliphatic rings. The minimum absolute atomic E-state index is 0.00693. The van der Waals surface area contributed by atoms with Crippen molar-refractivity contribution < 1.29 is 26.4 Å². The maximum absolute atomic E-state index is 12.5. The van der Waals surface area contributed by atoms with E-state index in [-0.39, 0.29) is 31.7 Å². The average molecular weight is 565 g/mol. The Hall–Kier alpha value is -2.80. The van der Waals surface area contributed by atoms with Gasteiger partial charge in [0.25, 0.3) is 0 Å². The summed E-state index contributed by atoms with van der Waals surface area (Å²) in [6.07, 6.45) is 4.58. The molecular formula is C26H36N4O6S2. The molecule has 2 aromatic carbocycles. The molecule has 2 amide bonds. The van der Waals surface area contributed by atoms with Crippen molar-refractivity contribution in [2.45, 2.75) is 31.8 Å². The van der Waals surface area contributed by atoms with Crippen LogP contribution >= 0.6 is 0 Å². The number of benzene rings is 2. The molecule has 0 aromatic heterocycles. The fourth-order valence-electron chi connectivity index (χ4n) is 4.72. The van der Waals surface area contributed by atoms with Crippen LogP contribution in [0, 0.1) is 0 Å². The van der Waals surface area contributed by atoms with E-state index in [1.54, 1.807) is 0 Å². The standard InChI is InChI=1S/C26H36N4O6S2/c1-20(23-11-6-9-21-8-4-5-10-24(21)23)29-15-12-22(13-16-29)30(38(3,35)36)19-26(32)28-18-25(31)27-14-7-17-37(2,33)34/h4-11,17,20,22H,12-16,18-19H2,1-3H3,(H,27,31)(H,28,32)/b17-7+/t20-/m1/s1. The first-order chi connectivity index (χ1) is 17.8. The number of rotatable bonds is 11. The molecule has 3 rings (SSSR count). The van der Waals surface area contributed by atoms with Crippen molar-refractivity contribution in [3.63, 3.8) is 0 Å². The van der Waals surface area contributed by atoms with E-state index in [0.717, 1.165) is 17.9 Å². The number of hydrogen-bond acceptors (Lipinski definition) is 7. The lowest BCUT2D eigenvalue weighted by Crippen LogP contribution is -2.51. The van der Waals surface area contributed by atoms with Crippen LogP contribution < -0.4 is 10.6 Å². The zero-order valence-corrected chi connectivity index (χ0v) is 23.6. The summed E-state index contributed by atoms with van der Waals surface area (Å²) in [6, 6.07) is 14.4. The predicted octanol–water partition coefficient (Wildman–Crippen LogP) is 1.42. The number of nitrogens with zero attached hydrogens (tertiary/aromatic N) is 2. The fourth-order valence-corrected chi connectivity index (χ4v) is 6.27. The Balaban J connectivity index is 1.54. The zero-order chi connectivity index (χ0) is 27.9. The third kappa shape index (κ3) is 8.62. The number of carbonyl (C=O) groups excluding carboxylic acids is 2. The number of fused-ring (bicyclic) bond motifs is 1. The maximum atomic E-state index is 12.5. The lowest BCUT2D eigenvalue weighted by molar-refractivity contribution is -0.126. The molecule has 1 heterocycles. The largest absolute Gasteiger partial charge is 0.351 e. The molecule has 0 unspecified atom stereocenters. The van der Waals surface area contributed by atoms with Crippen molar-refractivity contribution in [1.82, 2.24) is 19.8 Å². The Morgan fingerprint density at radius 3 is 2.32 bits per heavy atom. The van der Waals surface area contributed by atoms with Crippen molar-refractivity contribution in [3.05, 3.63) is 59.5 Å². The van der Waals surface area contributed by atoms with Gasteiger partial charge >= 0.3 is 0 Å². The molecule has 2 N–H and O–H groups in total. The molecule has 2 aromatic rings. The maximum Gasteiger partial charge on any atom is 0.239 e. The highest BCUT2D eigenvalue weighted by molar-refractivity contribution is 7.93. The molecule has 0 saturated carbocycles. The predicted molar refractivity (Wildman–Crippen MR) is 149 cm³/mol. The third-order valence-electron chi connectivity index (χ3n) is 6.66. The van der Waals surface area contributed by atoms with Gasteiger partial charge in [-0.05, 0) is 36.1 Å². The smallest absolute Gasteiger partial charge is 0.239 e. The summed E-state index contributed by atoms with van der Waals surface area (Å²) in [7, 11) is -6.95. The van der Waals surface area contributed by atoms with Crippen LogP contribution in [0.2, 0.25) is 0 Å². The molecule has 0 bridgehead atoms. The van der Waals surface area contributed by atoms with Gasteiger partial charge in [-0.25, -0.2) is 16.8 Å². The summed E-state index contributed by atoms with van der Waals surface area (Å²) in [4.78, 5) is 26.7. The summed E-state index contributed by atoms with van der Waals surface area (Å²) < 4.78 is 48.4. The van der Waals surface area contributed by atoms with Crippen molar-refractivity contribution >= 4 is 42.4 Å². The number of amides is 2. The summed E-state index contributed by atoms with van der Waals surface area (Å²) >= 11 is 0. The van der Waals surface area contributed by atoms with Gasteiger partial charge in [-0.15, -0.1) is 0 Å². The van der Waals surface area contributed by atoms with E-state index in [4.69, 9.17) is 0 Å². The number of piperidine rings is 1. The van der Waals surface area contributed by atoms with Crippen LogP contribution in [0.1, 0.15) is 31.4 Å². The van der Waals surface area contributed by atoms with Crippen LogP contribution in [0.3, 0.4) is 0 Å². The van der Waals surface area contributed by atoms with Gasteiger partial charge in [0.15, 0.2) is 9.84 Å². The first kappa shape index (κ1) is 29.8. The molecule has 12 heteroatoms. The molecule has 38 heavy (non-hydrogen) atoms. The Bertz CT molecular complexity index is 1380. The second-order valence-corrected chi connectivity index (χ2v) is 13.5. The normalized spacial score (nSPS) is 16.6. The Labute approximate surface area is 225 Å². The fraction of sp³-hybridized carbons (Fsp3) is 0.462. The van der Waals surface area contributed by atoms with Crippen LogP contribution in [0.15, 0.2) is 53.9 Å². The lowest BCUT2D eigenvalue weighted by atomic mass is 9.96. The number of nitrogens with one attached hydrogen (secondary N) is 2. The Morgan fingerprint density at radius 1 is 1.00 bits per heavy atom. The number of likely N-dealkylation sites (tertiary alicyclic amines) is 1. The molecule has 1 aliphatic heterocycles. The number of sulfonamides is 1. The quantitative estimate of drug-likeness (QED) is 0.422. The monoisotopic (exact) mass is 564 g/mol. The minimum Gasteiger partial charge on any atom is -0.351 e. The van der Waals surface area contributed by atoms with E-state index in [1.165, 1.54) is 26.7 Å². The van der Waals surface area contributed by atoms with E-state index in [1.807, 2.05) is 12.1 Å². The lowest BCUT2D eigenvalue weighted by Gasteiger charge is -2.39. The molecule has 1 fully saturated rings. The van der Waals surface area contributed by atoms with Crippen molar-refractivity contribution in [2.75, 3.05) is 45.2 Å². The molecule has 1 saturated heterocycles. The first-order valence-electron chi connectivity index (χ1n) is 12.4.